The second kappa shape index (κ2) is 11.1. The van der Waals surface area contributed by atoms with E-state index >= 15 is 0 Å². The smallest absolute Gasteiger partial charge is 0.161 e. The Morgan fingerprint density at radius 2 is 1.57 bits per heavy atom. The third-order valence-electron chi connectivity index (χ3n) is 6.42. The van der Waals surface area contributed by atoms with Crippen molar-refractivity contribution in [1.29, 1.82) is 0 Å². The lowest BCUT2D eigenvalue weighted by Gasteiger charge is -2.33. The van der Waals surface area contributed by atoms with Crippen molar-refractivity contribution in [2.75, 3.05) is 33.3 Å². The summed E-state index contributed by atoms with van der Waals surface area (Å²) in [4.78, 5) is 2.51. The van der Waals surface area contributed by atoms with Gasteiger partial charge in [-0.25, -0.2) is 0 Å². The standard InChI is InChI=1S/C30H31N3O2/c1-34-30-20-25(14-15-29(30)35-23-24-8-3-2-4-9-24)21-31-33-18-16-32(17-19-33)22-27-12-7-11-26-10-5-6-13-28(26)27/h2-15,20-21H,16-19,22-23H2,1H3. The van der Waals surface area contributed by atoms with E-state index in [1.807, 2.05) is 42.6 Å². The Balaban J connectivity index is 1.15. The summed E-state index contributed by atoms with van der Waals surface area (Å²) in [6.07, 6.45) is 1.91. The highest BCUT2D eigenvalue weighted by molar-refractivity contribution is 5.85. The largest absolute Gasteiger partial charge is 0.493 e. The topological polar surface area (TPSA) is 37.3 Å². The minimum atomic E-state index is 0.508. The molecule has 178 valence electrons. The predicted molar refractivity (Wildman–Crippen MR) is 142 cm³/mol. The molecule has 0 amide bonds. The molecule has 0 atom stereocenters. The first-order valence-corrected chi connectivity index (χ1v) is 12.1. The molecule has 0 saturated carbocycles. The Kier molecular flexibility index (Phi) is 7.25. The van der Waals surface area contributed by atoms with Gasteiger partial charge in [0.1, 0.15) is 6.61 Å². The monoisotopic (exact) mass is 465 g/mol. The highest BCUT2D eigenvalue weighted by Crippen LogP contribution is 2.28. The van der Waals surface area contributed by atoms with E-state index in [4.69, 9.17) is 14.6 Å². The van der Waals surface area contributed by atoms with Crippen LogP contribution in [0.15, 0.2) is 96.1 Å². The minimum Gasteiger partial charge on any atom is -0.493 e. The molecular formula is C30H31N3O2. The number of hydrogen-bond donors (Lipinski definition) is 0. The third kappa shape index (κ3) is 5.81. The SMILES string of the molecule is COc1cc(C=NN2CCN(Cc3cccc4ccccc34)CC2)ccc1OCc1ccccc1. The molecule has 0 aromatic heterocycles. The number of hydrazone groups is 1. The molecule has 5 heteroatoms. The highest BCUT2D eigenvalue weighted by atomic mass is 16.5. The highest BCUT2D eigenvalue weighted by Gasteiger charge is 2.16. The average Bonchev–Trinajstić information content (AvgIpc) is 2.92. The predicted octanol–water partition coefficient (Wildman–Crippen LogP) is 5.58. The van der Waals surface area contributed by atoms with E-state index in [1.165, 1.54) is 16.3 Å². The van der Waals surface area contributed by atoms with Gasteiger partial charge in [0.15, 0.2) is 11.5 Å². The minimum absolute atomic E-state index is 0.508. The van der Waals surface area contributed by atoms with E-state index in [0.717, 1.165) is 49.6 Å². The molecule has 0 radical (unpaired) electrons. The first-order chi connectivity index (χ1) is 17.3. The molecule has 4 aromatic rings. The third-order valence-corrected chi connectivity index (χ3v) is 6.42. The number of nitrogens with zero attached hydrogens (tertiary/aromatic N) is 3. The van der Waals surface area contributed by atoms with Gasteiger partial charge in [0.2, 0.25) is 0 Å². The molecule has 1 aliphatic heterocycles. The Labute approximate surface area is 207 Å². The Bertz CT molecular complexity index is 1280. The number of piperazine rings is 1. The molecule has 1 saturated heterocycles. The quantitative estimate of drug-likeness (QED) is 0.319. The van der Waals surface area contributed by atoms with Gasteiger partial charge in [-0.2, -0.15) is 5.10 Å². The molecule has 0 unspecified atom stereocenters. The van der Waals surface area contributed by atoms with Gasteiger partial charge in [0.25, 0.3) is 0 Å². The maximum Gasteiger partial charge on any atom is 0.161 e. The van der Waals surface area contributed by atoms with Crippen molar-refractivity contribution in [3.8, 4) is 11.5 Å². The van der Waals surface area contributed by atoms with E-state index in [1.54, 1.807) is 7.11 Å². The average molecular weight is 466 g/mol. The molecule has 0 spiro atoms. The van der Waals surface area contributed by atoms with Crippen LogP contribution >= 0.6 is 0 Å². The molecule has 1 aliphatic rings. The zero-order valence-corrected chi connectivity index (χ0v) is 20.1. The Hall–Kier alpha value is -3.83. The molecule has 5 rings (SSSR count). The zero-order chi connectivity index (χ0) is 23.9. The van der Waals surface area contributed by atoms with Gasteiger partial charge in [0.05, 0.1) is 13.3 Å². The molecule has 0 N–H and O–H groups in total. The van der Waals surface area contributed by atoms with Gasteiger partial charge in [-0.05, 0) is 45.7 Å². The van der Waals surface area contributed by atoms with Crippen molar-refractivity contribution in [1.82, 2.24) is 9.91 Å². The fourth-order valence-corrected chi connectivity index (χ4v) is 4.45. The van der Waals surface area contributed by atoms with Crippen molar-refractivity contribution in [3.05, 3.63) is 108 Å². The van der Waals surface area contributed by atoms with Gasteiger partial charge < -0.3 is 9.47 Å². The van der Waals surface area contributed by atoms with Crippen LogP contribution in [0.3, 0.4) is 0 Å². The number of fused-ring (bicyclic) bond motifs is 1. The molecule has 1 fully saturated rings. The fraction of sp³-hybridized carbons (Fsp3) is 0.233. The first kappa shape index (κ1) is 22.9. The Morgan fingerprint density at radius 1 is 0.800 bits per heavy atom. The van der Waals surface area contributed by atoms with E-state index in [9.17, 15) is 0 Å². The molecular weight excluding hydrogens is 434 g/mol. The molecule has 4 aromatic carbocycles. The van der Waals surface area contributed by atoms with Crippen molar-refractivity contribution >= 4 is 17.0 Å². The molecule has 0 bridgehead atoms. The van der Waals surface area contributed by atoms with Crippen LogP contribution in [0.5, 0.6) is 11.5 Å². The second-order valence-electron chi connectivity index (χ2n) is 8.80. The summed E-state index contributed by atoms with van der Waals surface area (Å²) >= 11 is 0. The van der Waals surface area contributed by atoms with Crippen LogP contribution in [0.1, 0.15) is 16.7 Å². The van der Waals surface area contributed by atoms with E-state index in [2.05, 4.69) is 64.5 Å². The van der Waals surface area contributed by atoms with Crippen LogP contribution < -0.4 is 9.47 Å². The molecule has 35 heavy (non-hydrogen) atoms. The number of rotatable bonds is 8. The number of hydrogen-bond acceptors (Lipinski definition) is 5. The zero-order valence-electron chi connectivity index (χ0n) is 20.1. The first-order valence-electron chi connectivity index (χ1n) is 12.1. The van der Waals surface area contributed by atoms with Crippen molar-refractivity contribution in [2.24, 2.45) is 5.10 Å². The van der Waals surface area contributed by atoms with Gasteiger partial charge in [-0.1, -0.05) is 72.8 Å². The van der Waals surface area contributed by atoms with Crippen molar-refractivity contribution in [2.45, 2.75) is 13.2 Å². The summed E-state index contributed by atoms with van der Waals surface area (Å²) in [6.45, 7) is 5.30. The van der Waals surface area contributed by atoms with Crippen LogP contribution in [0.4, 0.5) is 0 Å². The van der Waals surface area contributed by atoms with Crippen LogP contribution in [0.25, 0.3) is 10.8 Å². The lowest BCUT2D eigenvalue weighted by Crippen LogP contribution is -2.43. The number of benzene rings is 4. The molecule has 1 heterocycles. The molecule has 0 aliphatic carbocycles. The summed E-state index contributed by atoms with van der Waals surface area (Å²) in [5.41, 5.74) is 3.51. The van der Waals surface area contributed by atoms with Gasteiger partial charge in [0, 0.05) is 32.7 Å². The van der Waals surface area contributed by atoms with Gasteiger partial charge in [-0.3, -0.25) is 9.91 Å². The Morgan fingerprint density at radius 3 is 2.40 bits per heavy atom. The number of methoxy groups -OCH3 is 1. The van der Waals surface area contributed by atoms with Crippen LogP contribution in [-0.2, 0) is 13.2 Å². The normalized spacial score (nSPS) is 14.5. The van der Waals surface area contributed by atoms with Crippen LogP contribution in [0, 0.1) is 0 Å². The summed E-state index contributed by atoms with van der Waals surface area (Å²) in [5, 5.41) is 9.53. The van der Waals surface area contributed by atoms with Crippen molar-refractivity contribution in [3.63, 3.8) is 0 Å². The van der Waals surface area contributed by atoms with E-state index in [0.29, 0.717) is 12.4 Å². The van der Waals surface area contributed by atoms with E-state index in [-0.39, 0.29) is 0 Å². The lowest BCUT2D eigenvalue weighted by molar-refractivity contribution is 0.131. The summed E-state index contributed by atoms with van der Waals surface area (Å²) < 4.78 is 11.5. The second-order valence-corrected chi connectivity index (χ2v) is 8.80. The van der Waals surface area contributed by atoms with Gasteiger partial charge >= 0.3 is 0 Å². The summed E-state index contributed by atoms with van der Waals surface area (Å²) in [5.74, 6) is 1.44. The number of ether oxygens (including phenoxy) is 2. The van der Waals surface area contributed by atoms with Crippen LogP contribution in [-0.4, -0.2) is 49.4 Å². The summed E-state index contributed by atoms with van der Waals surface area (Å²) in [7, 11) is 1.67. The molecule has 5 nitrogen and oxygen atoms in total. The maximum absolute atomic E-state index is 5.97. The summed E-state index contributed by atoms with van der Waals surface area (Å²) in [6, 6.07) is 31.3. The lowest BCUT2D eigenvalue weighted by atomic mass is 10.0. The van der Waals surface area contributed by atoms with Gasteiger partial charge in [-0.15, -0.1) is 0 Å². The van der Waals surface area contributed by atoms with Crippen molar-refractivity contribution < 1.29 is 9.47 Å². The fourth-order valence-electron chi connectivity index (χ4n) is 4.45. The van der Waals surface area contributed by atoms with E-state index < -0.39 is 0 Å². The van der Waals surface area contributed by atoms with Crippen LogP contribution in [0.2, 0.25) is 0 Å². The maximum atomic E-state index is 5.97.